The number of carbonyl (C=O) groups is 1. The van der Waals surface area contributed by atoms with E-state index in [2.05, 4.69) is 10.3 Å². The molecule has 98 valence electrons. The van der Waals surface area contributed by atoms with E-state index in [4.69, 9.17) is 9.47 Å². The van der Waals surface area contributed by atoms with E-state index in [0.717, 1.165) is 0 Å². The SMILES string of the molecule is CCOc1ccc(NC(=O)N2CCOCC2)cn1. The van der Waals surface area contributed by atoms with Gasteiger partial charge in [-0.15, -0.1) is 0 Å². The number of carbonyl (C=O) groups excluding carboxylic acids is 1. The van der Waals surface area contributed by atoms with Crippen LogP contribution >= 0.6 is 0 Å². The topological polar surface area (TPSA) is 63.7 Å². The first-order valence-corrected chi connectivity index (χ1v) is 6.02. The first kappa shape index (κ1) is 12.6. The molecular weight excluding hydrogens is 234 g/mol. The molecule has 0 aliphatic carbocycles. The number of ether oxygens (including phenoxy) is 2. The number of amides is 2. The molecule has 2 rings (SSSR count). The van der Waals surface area contributed by atoms with Crippen LogP contribution in [0, 0.1) is 0 Å². The molecule has 1 fully saturated rings. The number of pyridine rings is 1. The number of rotatable bonds is 3. The molecule has 1 aromatic heterocycles. The molecule has 6 nitrogen and oxygen atoms in total. The summed E-state index contributed by atoms with van der Waals surface area (Å²) in [5.74, 6) is 0.557. The highest BCUT2D eigenvalue weighted by atomic mass is 16.5. The molecule has 6 heteroatoms. The van der Waals surface area contributed by atoms with Crippen molar-refractivity contribution in [3.05, 3.63) is 18.3 Å². The average Bonchev–Trinajstić information content (AvgIpc) is 2.42. The molecule has 0 aromatic carbocycles. The molecule has 1 aliphatic heterocycles. The number of hydrogen-bond acceptors (Lipinski definition) is 4. The van der Waals surface area contributed by atoms with E-state index in [1.807, 2.05) is 6.92 Å². The summed E-state index contributed by atoms with van der Waals surface area (Å²) in [4.78, 5) is 17.7. The third-order valence-corrected chi connectivity index (χ3v) is 2.58. The molecule has 0 spiro atoms. The largest absolute Gasteiger partial charge is 0.478 e. The van der Waals surface area contributed by atoms with Crippen molar-refractivity contribution in [1.29, 1.82) is 0 Å². The van der Waals surface area contributed by atoms with Crippen LogP contribution in [0.25, 0.3) is 0 Å². The minimum Gasteiger partial charge on any atom is -0.478 e. The van der Waals surface area contributed by atoms with Crippen LogP contribution in [0.4, 0.5) is 10.5 Å². The Kier molecular flexibility index (Phi) is 4.35. The second kappa shape index (κ2) is 6.20. The van der Waals surface area contributed by atoms with Crippen molar-refractivity contribution in [2.75, 3.05) is 38.2 Å². The molecule has 0 unspecified atom stereocenters. The van der Waals surface area contributed by atoms with Gasteiger partial charge in [0.2, 0.25) is 5.88 Å². The summed E-state index contributed by atoms with van der Waals surface area (Å²) in [6.45, 7) is 4.90. The lowest BCUT2D eigenvalue weighted by molar-refractivity contribution is 0.0564. The van der Waals surface area contributed by atoms with Crippen LogP contribution in [-0.2, 0) is 4.74 Å². The van der Waals surface area contributed by atoms with Crippen LogP contribution in [-0.4, -0.2) is 48.8 Å². The average molecular weight is 251 g/mol. The third kappa shape index (κ3) is 3.33. The van der Waals surface area contributed by atoms with Gasteiger partial charge >= 0.3 is 6.03 Å². The zero-order valence-electron chi connectivity index (χ0n) is 10.4. The monoisotopic (exact) mass is 251 g/mol. The fraction of sp³-hybridized carbons (Fsp3) is 0.500. The zero-order valence-corrected chi connectivity index (χ0v) is 10.4. The van der Waals surface area contributed by atoms with Gasteiger partial charge in [-0.25, -0.2) is 9.78 Å². The van der Waals surface area contributed by atoms with E-state index in [1.54, 1.807) is 23.2 Å². The van der Waals surface area contributed by atoms with Gasteiger partial charge in [0.1, 0.15) is 0 Å². The maximum absolute atomic E-state index is 11.9. The van der Waals surface area contributed by atoms with Gasteiger partial charge in [0, 0.05) is 19.2 Å². The predicted molar refractivity (Wildman–Crippen MR) is 66.8 cm³/mol. The van der Waals surface area contributed by atoms with Gasteiger partial charge < -0.3 is 19.7 Å². The summed E-state index contributed by atoms with van der Waals surface area (Å²) >= 11 is 0. The summed E-state index contributed by atoms with van der Waals surface area (Å²) in [5, 5.41) is 2.79. The van der Waals surface area contributed by atoms with Crippen molar-refractivity contribution in [2.45, 2.75) is 6.92 Å². The van der Waals surface area contributed by atoms with E-state index < -0.39 is 0 Å². The van der Waals surface area contributed by atoms with Crippen molar-refractivity contribution >= 4 is 11.7 Å². The molecule has 1 aromatic rings. The Balaban J connectivity index is 1.89. The van der Waals surface area contributed by atoms with Gasteiger partial charge in [-0.2, -0.15) is 0 Å². The van der Waals surface area contributed by atoms with Crippen molar-refractivity contribution in [3.8, 4) is 5.88 Å². The number of hydrogen-bond donors (Lipinski definition) is 1. The van der Waals surface area contributed by atoms with Crippen LogP contribution in [0.3, 0.4) is 0 Å². The highest BCUT2D eigenvalue weighted by Crippen LogP contribution is 2.12. The molecule has 1 aliphatic rings. The lowest BCUT2D eigenvalue weighted by Crippen LogP contribution is -2.43. The lowest BCUT2D eigenvalue weighted by Gasteiger charge is -2.26. The van der Waals surface area contributed by atoms with Crippen molar-refractivity contribution < 1.29 is 14.3 Å². The molecular formula is C12H17N3O3. The van der Waals surface area contributed by atoms with E-state index in [-0.39, 0.29) is 6.03 Å². The normalized spacial score (nSPS) is 15.3. The smallest absolute Gasteiger partial charge is 0.322 e. The Morgan fingerprint density at radius 1 is 1.50 bits per heavy atom. The molecule has 2 amide bonds. The predicted octanol–water partition coefficient (Wildman–Crippen LogP) is 1.34. The second-order valence-electron chi connectivity index (χ2n) is 3.85. The van der Waals surface area contributed by atoms with E-state index in [1.165, 1.54) is 0 Å². The number of aromatic nitrogens is 1. The third-order valence-electron chi connectivity index (χ3n) is 2.58. The van der Waals surface area contributed by atoms with Gasteiger partial charge in [0.05, 0.1) is 31.7 Å². The number of nitrogens with one attached hydrogen (secondary N) is 1. The van der Waals surface area contributed by atoms with Gasteiger partial charge in [-0.05, 0) is 13.0 Å². The number of nitrogens with zero attached hydrogens (tertiary/aromatic N) is 2. The quantitative estimate of drug-likeness (QED) is 0.880. The highest BCUT2D eigenvalue weighted by molar-refractivity contribution is 5.89. The molecule has 0 bridgehead atoms. The fourth-order valence-corrected chi connectivity index (χ4v) is 1.66. The van der Waals surface area contributed by atoms with Crippen LogP contribution in [0.1, 0.15) is 6.92 Å². The number of anilines is 1. The standard InChI is InChI=1S/C12H17N3O3/c1-2-18-11-4-3-10(9-13-11)14-12(16)15-5-7-17-8-6-15/h3-4,9H,2,5-8H2,1H3,(H,14,16). The maximum atomic E-state index is 11.9. The summed E-state index contributed by atoms with van der Waals surface area (Å²) < 4.78 is 10.4. The molecule has 0 saturated carbocycles. The maximum Gasteiger partial charge on any atom is 0.322 e. The minimum atomic E-state index is -0.121. The van der Waals surface area contributed by atoms with Crippen LogP contribution in [0.2, 0.25) is 0 Å². The Hall–Kier alpha value is -1.82. The van der Waals surface area contributed by atoms with Crippen LogP contribution in [0.15, 0.2) is 18.3 Å². The Labute approximate surface area is 106 Å². The molecule has 1 saturated heterocycles. The summed E-state index contributed by atoms with van der Waals surface area (Å²) in [6, 6.07) is 3.39. The number of urea groups is 1. The van der Waals surface area contributed by atoms with E-state index in [9.17, 15) is 4.79 Å². The Morgan fingerprint density at radius 3 is 2.89 bits per heavy atom. The molecule has 1 N–H and O–H groups in total. The Bertz CT molecular complexity index is 388. The van der Waals surface area contributed by atoms with Gasteiger partial charge in [0.25, 0.3) is 0 Å². The van der Waals surface area contributed by atoms with Crippen LogP contribution in [0.5, 0.6) is 5.88 Å². The minimum absolute atomic E-state index is 0.121. The zero-order chi connectivity index (χ0) is 12.8. The molecule has 2 heterocycles. The van der Waals surface area contributed by atoms with E-state index >= 15 is 0 Å². The summed E-state index contributed by atoms with van der Waals surface area (Å²) in [6.07, 6.45) is 1.59. The highest BCUT2D eigenvalue weighted by Gasteiger charge is 2.16. The first-order chi connectivity index (χ1) is 8.79. The van der Waals surface area contributed by atoms with Crippen molar-refractivity contribution in [1.82, 2.24) is 9.88 Å². The first-order valence-electron chi connectivity index (χ1n) is 6.02. The van der Waals surface area contributed by atoms with Gasteiger partial charge in [-0.1, -0.05) is 0 Å². The van der Waals surface area contributed by atoms with Crippen molar-refractivity contribution in [3.63, 3.8) is 0 Å². The Morgan fingerprint density at radius 2 is 2.28 bits per heavy atom. The fourth-order valence-electron chi connectivity index (χ4n) is 1.66. The summed E-state index contributed by atoms with van der Waals surface area (Å²) in [5.41, 5.74) is 0.662. The molecule has 0 radical (unpaired) electrons. The van der Waals surface area contributed by atoms with Crippen LogP contribution < -0.4 is 10.1 Å². The molecule has 0 atom stereocenters. The lowest BCUT2D eigenvalue weighted by atomic mass is 10.4. The van der Waals surface area contributed by atoms with Gasteiger partial charge in [-0.3, -0.25) is 0 Å². The van der Waals surface area contributed by atoms with Gasteiger partial charge in [0.15, 0.2) is 0 Å². The van der Waals surface area contributed by atoms with E-state index in [0.29, 0.717) is 44.5 Å². The number of morpholine rings is 1. The van der Waals surface area contributed by atoms with Crippen molar-refractivity contribution in [2.24, 2.45) is 0 Å². The second-order valence-corrected chi connectivity index (χ2v) is 3.85. The summed E-state index contributed by atoms with van der Waals surface area (Å²) in [7, 11) is 0. The molecule has 18 heavy (non-hydrogen) atoms.